The van der Waals surface area contributed by atoms with Crippen molar-refractivity contribution in [3.63, 3.8) is 0 Å². The Bertz CT molecular complexity index is 742. The molecular weight excluding hydrogens is 400 g/mol. The van der Waals surface area contributed by atoms with Crippen LogP contribution in [0.1, 0.15) is 58.8 Å². The van der Waals surface area contributed by atoms with Crippen molar-refractivity contribution in [1.82, 2.24) is 0 Å². The molecule has 0 N–H and O–H groups in total. The van der Waals surface area contributed by atoms with E-state index in [0.29, 0.717) is 25.4 Å². The molecular formula is C23H30F4O3. The lowest BCUT2D eigenvalue weighted by molar-refractivity contribution is -0.224. The van der Waals surface area contributed by atoms with Crippen molar-refractivity contribution in [2.45, 2.75) is 64.9 Å². The molecule has 3 nitrogen and oxygen atoms in total. The molecule has 1 aliphatic heterocycles. The van der Waals surface area contributed by atoms with Crippen molar-refractivity contribution >= 4 is 0 Å². The first-order valence-electron chi connectivity index (χ1n) is 10.9. The number of alkyl halides is 2. The predicted octanol–water partition coefficient (Wildman–Crippen LogP) is 6.86. The van der Waals surface area contributed by atoms with Crippen LogP contribution in [-0.4, -0.2) is 19.3 Å². The first-order chi connectivity index (χ1) is 14.4. The monoisotopic (exact) mass is 430 g/mol. The average molecular weight is 430 g/mol. The molecule has 1 unspecified atom stereocenters. The van der Waals surface area contributed by atoms with Crippen LogP contribution in [0.4, 0.5) is 17.6 Å². The van der Waals surface area contributed by atoms with Gasteiger partial charge >= 0.3 is 6.11 Å². The minimum Gasteiger partial charge on any atom is -0.498 e. The lowest BCUT2D eigenvalue weighted by Gasteiger charge is -2.35. The Kier molecular flexibility index (Phi) is 7.53. The van der Waals surface area contributed by atoms with E-state index >= 15 is 0 Å². The summed E-state index contributed by atoms with van der Waals surface area (Å²) < 4.78 is 72.9. The first kappa shape index (κ1) is 22.8. The largest absolute Gasteiger partial charge is 0.498 e. The summed E-state index contributed by atoms with van der Waals surface area (Å²) in [6, 6.07) is 2.08. The van der Waals surface area contributed by atoms with Gasteiger partial charge in [-0.1, -0.05) is 13.3 Å². The van der Waals surface area contributed by atoms with Gasteiger partial charge in [0, 0.05) is 5.92 Å². The summed E-state index contributed by atoms with van der Waals surface area (Å²) in [5.74, 6) is -3.37. The van der Waals surface area contributed by atoms with Gasteiger partial charge in [0.25, 0.3) is 0 Å². The van der Waals surface area contributed by atoms with Gasteiger partial charge in [-0.2, -0.15) is 17.6 Å². The molecule has 0 saturated heterocycles. The van der Waals surface area contributed by atoms with Crippen LogP contribution in [0, 0.1) is 29.4 Å². The van der Waals surface area contributed by atoms with Gasteiger partial charge in [-0.3, -0.25) is 0 Å². The number of allylic oxidation sites excluding steroid dienone is 2. The fourth-order valence-corrected chi connectivity index (χ4v) is 4.32. The Balaban J connectivity index is 1.58. The maximum absolute atomic E-state index is 14.7. The number of hydrogen-bond acceptors (Lipinski definition) is 3. The Morgan fingerprint density at radius 3 is 2.30 bits per heavy atom. The van der Waals surface area contributed by atoms with E-state index in [-0.39, 0.29) is 31.1 Å². The topological polar surface area (TPSA) is 27.7 Å². The van der Waals surface area contributed by atoms with E-state index in [2.05, 4.69) is 17.7 Å². The van der Waals surface area contributed by atoms with E-state index in [1.165, 1.54) is 0 Å². The second-order valence-corrected chi connectivity index (χ2v) is 8.14. The molecule has 1 saturated carbocycles. The third-order valence-corrected chi connectivity index (χ3v) is 6.00. The number of halogens is 4. The van der Waals surface area contributed by atoms with Crippen molar-refractivity contribution in [3.05, 3.63) is 35.6 Å². The van der Waals surface area contributed by atoms with Crippen LogP contribution in [0.5, 0.6) is 11.5 Å². The highest BCUT2D eigenvalue weighted by molar-refractivity contribution is 5.35. The van der Waals surface area contributed by atoms with E-state index < -0.39 is 29.4 Å². The Morgan fingerprint density at radius 2 is 1.70 bits per heavy atom. The normalized spacial score (nSPS) is 24.7. The second kappa shape index (κ2) is 9.92. The van der Waals surface area contributed by atoms with Crippen LogP contribution < -0.4 is 9.47 Å². The molecule has 30 heavy (non-hydrogen) atoms. The van der Waals surface area contributed by atoms with Crippen molar-refractivity contribution in [3.8, 4) is 11.5 Å². The molecule has 1 atom stereocenters. The third-order valence-electron chi connectivity index (χ3n) is 6.00. The fourth-order valence-electron chi connectivity index (χ4n) is 4.32. The van der Waals surface area contributed by atoms with E-state index in [4.69, 9.17) is 9.47 Å². The molecule has 1 aromatic rings. The maximum Gasteiger partial charge on any atom is 0.400 e. The summed E-state index contributed by atoms with van der Waals surface area (Å²) in [6.45, 7) is 4.59. The van der Waals surface area contributed by atoms with Crippen LogP contribution in [0.15, 0.2) is 24.0 Å². The predicted molar refractivity (Wildman–Crippen MR) is 106 cm³/mol. The summed E-state index contributed by atoms with van der Waals surface area (Å²) >= 11 is 0. The van der Waals surface area contributed by atoms with Gasteiger partial charge in [0.05, 0.1) is 24.9 Å². The zero-order valence-electron chi connectivity index (χ0n) is 17.6. The third kappa shape index (κ3) is 5.22. The number of benzene rings is 1. The van der Waals surface area contributed by atoms with Gasteiger partial charge in [-0.05, 0) is 69.6 Å². The molecule has 1 aromatic carbocycles. The van der Waals surface area contributed by atoms with Crippen LogP contribution >= 0.6 is 0 Å². The fraction of sp³-hybridized carbons (Fsp3) is 0.652. The van der Waals surface area contributed by atoms with Crippen molar-refractivity contribution in [1.29, 1.82) is 0 Å². The molecule has 1 heterocycles. The second-order valence-electron chi connectivity index (χ2n) is 8.14. The van der Waals surface area contributed by atoms with Gasteiger partial charge < -0.3 is 14.2 Å². The summed E-state index contributed by atoms with van der Waals surface area (Å²) in [5.41, 5.74) is 0. The van der Waals surface area contributed by atoms with Crippen molar-refractivity contribution in [2.24, 2.45) is 17.8 Å². The average Bonchev–Trinajstić information content (AvgIpc) is 2.74. The molecule has 168 valence electrons. The minimum atomic E-state index is -3.58. The lowest BCUT2D eigenvalue weighted by atomic mass is 9.79. The number of hydrogen-bond donors (Lipinski definition) is 0. The Morgan fingerprint density at radius 1 is 1.03 bits per heavy atom. The van der Waals surface area contributed by atoms with Gasteiger partial charge in [0.1, 0.15) is 0 Å². The molecule has 0 radical (unpaired) electrons. The van der Waals surface area contributed by atoms with Crippen LogP contribution in [0.2, 0.25) is 0 Å². The van der Waals surface area contributed by atoms with E-state index in [1.807, 2.05) is 0 Å². The zero-order valence-corrected chi connectivity index (χ0v) is 17.6. The maximum atomic E-state index is 14.7. The quantitative estimate of drug-likeness (QED) is 0.422. The van der Waals surface area contributed by atoms with Gasteiger partial charge in [0.2, 0.25) is 11.6 Å². The molecule has 0 amide bonds. The highest BCUT2D eigenvalue weighted by Crippen LogP contribution is 2.43. The van der Waals surface area contributed by atoms with Gasteiger partial charge in [-0.15, -0.1) is 0 Å². The number of ether oxygens (including phenoxy) is 3. The Hall–Kier alpha value is -1.92. The summed E-state index contributed by atoms with van der Waals surface area (Å²) in [4.78, 5) is 0. The SMILES string of the molecule is CCCC1CC=C(C2CCC(C(F)(F)Oc3ccc(OCC)c(F)c3F)CC2)OC1. The molecule has 2 aliphatic rings. The molecule has 1 fully saturated rings. The highest BCUT2D eigenvalue weighted by Gasteiger charge is 2.45. The van der Waals surface area contributed by atoms with Crippen molar-refractivity contribution in [2.75, 3.05) is 13.2 Å². The molecule has 7 heteroatoms. The summed E-state index contributed by atoms with van der Waals surface area (Å²) in [5, 5.41) is 0. The summed E-state index contributed by atoms with van der Waals surface area (Å²) in [7, 11) is 0. The van der Waals surface area contributed by atoms with Gasteiger partial charge in [0.15, 0.2) is 11.5 Å². The van der Waals surface area contributed by atoms with Crippen LogP contribution in [0.3, 0.4) is 0 Å². The standard InChI is InChI=1S/C23H30F4O3/c1-3-5-15-6-11-18(29-14-15)16-7-9-17(10-8-16)23(26,27)30-20-13-12-19(28-4-2)21(24)22(20)25/h11-13,15-17H,3-10,14H2,1-2H3. The smallest absolute Gasteiger partial charge is 0.400 e. The Labute approximate surface area is 175 Å². The van der Waals surface area contributed by atoms with Crippen molar-refractivity contribution < 1.29 is 31.8 Å². The molecule has 1 aliphatic carbocycles. The molecule has 0 aromatic heterocycles. The highest BCUT2D eigenvalue weighted by atomic mass is 19.3. The molecule has 0 bridgehead atoms. The van der Waals surface area contributed by atoms with Crippen LogP contribution in [0.25, 0.3) is 0 Å². The van der Waals surface area contributed by atoms with E-state index in [0.717, 1.165) is 37.2 Å². The van der Waals surface area contributed by atoms with Gasteiger partial charge in [-0.25, -0.2) is 0 Å². The van der Waals surface area contributed by atoms with E-state index in [1.54, 1.807) is 6.92 Å². The number of rotatable bonds is 8. The molecule has 0 spiro atoms. The summed E-state index contributed by atoms with van der Waals surface area (Å²) in [6.07, 6.45) is 3.35. The first-order valence-corrected chi connectivity index (χ1v) is 10.9. The van der Waals surface area contributed by atoms with Crippen LogP contribution in [-0.2, 0) is 4.74 Å². The molecule has 3 rings (SSSR count). The minimum absolute atomic E-state index is 0.134. The zero-order chi connectivity index (χ0) is 21.7. The lowest BCUT2D eigenvalue weighted by Crippen LogP contribution is -2.38. The van der Waals surface area contributed by atoms with E-state index in [9.17, 15) is 17.6 Å².